The Hall–Kier alpha value is -2.24. The van der Waals surface area contributed by atoms with Gasteiger partial charge in [-0.15, -0.1) is 4.91 Å². The van der Waals surface area contributed by atoms with Gasteiger partial charge >= 0.3 is 0 Å². The Bertz CT molecular complexity index is 400. The van der Waals surface area contributed by atoms with Crippen LogP contribution in [0.3, 0.4) is 0 Å². The van der Waals surface area contributed by atoms with Crippen molar-refractivity contribution in [3.63, 3.8) is 0 Å². The van der Waals surface area contributed by atoms with E-state index in [2.05, 4.69) is 5.29 Å². The van der Waals surface area contributed by atoms with Crippen LogP contribution in [0.25, 0.3) is 0 Å². The number of hydrogen-bond acceptors (Lipinski definition) is 4. The maximum atomic E-state index is 11.4. The lowest BCUT2D eigenvalue weighted by molar-refractivity contribution is 0.0796. The minimum atomic E-state index is -0.573. The Labute approximate surface area is 85.6 Å². The van der Waals surface area contributed by atoms with Gasteiger partial charge in [0.2, 0.25) is 5.91 Å². The number of nitroso groups, excluding NO2 is 1. The van der Waals surface area contributed by atoms with Crippen LogP contribution < -0.4 is 5.73 Å². The van der Waals surface area contributed by atoms with Gasteiger partial charge in [-0.05, 0) is 24.3 Å². The van der Waals surface area contributed by atoms with E-state index in [1.807, 2.05) is 0 Å². The van der Waals surface area contributed by atoms with Gasteiger partial charge in [0.05, 0.1) is 5.29 Å². The van der Waals surface area contributed by atoms with Crippen LogP contribution in [-0.2, 0) is 0 Å². The lowest BCUT2D eigenvalue weighted by Crippen LogP contribution is -2.20. The van der Waals surface area contributed by atoms with Crippen molar-refractivity contribution in [2.24, 2.45) is 11.0 Å². The lowest BCUT2D eigenvalue weighted by Gasteiger charge is -2.06. The highest BCUT2D eigenvalue weighted by Crippen LogP contribution is 2.06. The molecule has 2 N–H and O–H groups in total. The second kappa shape index (κ2) is 4.32. The molecule has 0 aromatic heterocycles. The first-order valence-corrected chi connectivity index (χ1v) is 4.07. The van der Waals surface area contributed by atoms with E-state index in [1.54, 1.807) is 0 Å². The summed E-state index contributed by atoms with van der Waals surface area (Å²) >= 11 is 0. The number of rotatable bonds is 3. The molecule has 2 amide bonds. The highest BCUT2D eigenvalue weighted by molar-refractivity contribution is 5.96. The van der Waals surface area contributed by atoms with E-state index in [4.69, 9.17) is 5.73 Å². The summed E-state index contributed by atoms with van der Waals surface area (Å²) in [5.74, 6) is -1.11. The molecule has 0 unspecified atom stereocenters. The molecule has 0 saturated carbocycles. The van der Waals surface area contributed by atoms with Crippen molar-refractivity contribution >= 4 is 11.8 Å². The van der Waals surface area contributed by atoms with Crippen LogP contribution in [0.5, 0.6) is 0 Å². The van der Waals surface area contributed by atoms with E-state index < -0.39 is 11.8 Å². The maximum absolute atomic E-state index is 11.4. The molecule has 0 aliphatic rings. The summed E-state index contributed by atoms with van der Waals surface area (Å²) in [5.41, 5.74) is 5.59. The standard InChI is InChI=1S/C9H9N3O3/c1-12(11-15)9(14)7-4-2-6(3-5-7)8(10)13/h2-5H,1H3,(H2,10,13). The van der Waals surface area contributed by atoms with Crippen LogP contribution in [0.15, 0.2) is 29.6 Å². The molecule has 0 radical (unpaired) electrons. The van der Waals surface area contributed by atoms with Crippen LogP contribution >= 0.6 is 0 Å². The predicted molar refractivity (Wildman–Crippen MR) is 52.8 cm³/mol. The highest BCUT2D eigenvalue weighted by Gasteiger charge is 2.11. The van der Waals surface area contributed by atoms with E-state index in [0.717, 1.165) is 0 Å². The fourth-order valence-electron chi connectivity index (χ4n) is 1.00. The molecular formula is C9H9N3O3. The van der Waals surface area contributed by atoms with Crippen LogP contribution in [0.2, 0.25) is 0 Å². The van der Waals surface area contributed by atoms with Crippen molar-refractivity contribution in [3.05, 3.63) is 40.3 Å². The Kier molecular flexibility index (Phi) is 3.12. The molecule has 0 heterocycles. The Balaban J connectivity index is 2.94. The van der Waals surface area contributed by atoms with Crippen molar-refractivity contribution in [2.75, 3.05) is 7.05 Å². The van der Waals surface area contributed by atoms with Crippen LogP contribution in [0, 0.1) is 4.91 Å². The molecule has 0 bridgehead atoms. The van der Waals surface area contributed by atoms with E-state index in [1.165, 1.54) is 31.3 Å². The number of amides is 2. The van der Waals surface area contributed by atoms with Crippen LogP contribution in [0.1, 0.15) is 20.7 Å². The Morgan fingerprint density at radius 1 is 1.20 bits per heavy atom. The average Bonchev–Trinajstić information content (AvgIpc) is 2.27. The average molecular weight is 207 g/mol. The summed E-state index contributed by atoms with van der Waals surface area (Å²) in [7, 11) is 1.25. The topological polar surface area (TPSA) is 92.8 Å². The summed E-state index contributed by atoms with van der Waals surface area (Å²) in [4.78, 5) is 32.2. The van der Waals surface area contributed by atoms with E-state index in [-0.39, 0.29) is 5.56 Å². The van der Waals surface area contributed by atoms with Crippen LogP contribution in [0.4, 0.5) is 0 Å². The molecule has 0 spiro atoms. The largest absolute Gasteiger partial charge is 0.366 e. The first-order valence-electron chi connectivity index (χ1n) is 4.07. The minimum absolute atomic E-state index is 0.266. The molecule has 1 rings (SSSR count). The van der Waals surface area contributed by atoms with E-state index in [0.29, 0.717) is 10.6 Å². The van der Waals surface area contributed by atoms with Gasteiger partial charge in [0.25, 0.3) is 5.91 Å². The zero-order valence-electron chi connectivity index (χ0n) is 8.01. The monoisotopic (exact) mass is 207 g/mol. The molecule has 1 aromatic carbocycles. The normalized spacial score (nSPS) is 9.40. The molecule has 0 aliphatic carbocycles. The molecule has 0 atom stereocenters. The summed E-state index contributed by atoms with van der Waals surface area (Å²) in [5, 5.41) is 3.13. The number of nitrogens with two attached hydrogens (primary N) is 1. The van der Waals surface area contributed by atoms with Gasteiger partial charge in [-0.2, -0.15) is 5.01 Å². The van der Waals surface area contributed by atoms with Crippen molar-refractivity contribution in [2.45, 2.75) is 0 Å². The third-order valence-corrected chi connectivity index (χ3v) is 1.83. The smallest absolute Gasteiger partial charge is 0.276 e. The SMILES string of the molecule is CN(N=O)C(=O)c1ccc(C(N)=O)cc1. The quantitative estimate of drug-likeness (QED) is 0.579. The van der Waals surface area contributed by atoms with Gasteiger partial charge in [-0.3, -0.25) is 9.59 Å². The van der Waals surface area contributed by atoms with Gasteiger partial charge in [0, 0.05) is 18.2 Å². The third kappa shape index (κ3) is 2.37. The molecule has 0 aliphatic heterocycles. The van der Waals surface area contributed by atoms with E-state index in [9.17, 15) is 14.5 Å². The van der Waals surface area contributed by atoms with Crippen LogP contribution in [-0.4, -0.2) is 23.9 Å². The predicted octanol–water partition coefficient (Wildman–Crippen LogP) is 0.539. The second-order valence-corrected chi connectivity index (χ2v) is 2.85. The maximum Gasteiger partial charge on any atom is 0.276 e. The molecule has 0 fully saturated rings. The summed E-state index contributed by atoms with van der Waals surface area (Å²) in [6, 6.07) is 5.64. The highest BCUT2D eigenvalue weighted by atomic mass is 16.3. The molecule has 78 valence electrons. The van der Waals surface area contributed by atoms with Gasteiger partial charge in [-0.1, -0.05) is 0 Å². The second-order valence-electron chi connectivity index (χ2n) is 2.85. The lowest BCUT2D eigenvalue weighted by atomic mass is 10.1. The van der Waals surface area contributed by atoms with Crippen molar-refractivity contribution in [1.29, 1.82) is 0 Å². The first-order chi connectivity index (χ1) is 7.06. The summed E-state index contributed by atoms with van der Waals surface area (Å²) in [6.45, 7) is 0. The van der Waals surface area contributed by atoms with E-state index >= 15 is 0 Å². The third-order valence-electron chi connectivity index (χ3n) is 1.83. The molecule has 6 heteroatoms. The van der Waals surface area contributed by atoms with Gasteiger partial charge in [0.15, 0.2) is 0 Å². The Morgan fingerprint density at radius 2 is 1.67 bits per heavy atom. The fraction of sp³-hybridized carbons (Fsp3) is 0.111. The molecule has 15 heavy (non-hydrogen) atoms. The Morgan fingerprint density at radius 3 is 2.07 bits per heavy atom. The number of hydrogen-bond donors (Lipinski definition) is 1. The van der Waals surface area contributed by atoms with Gasteiger partial charge in [0.1, 0.15) is 0 Å². The molecule has 6 nitrogen and oxygen atoms in total. The van der Waals surface area contributed by atoms with Crippen molar-refractivity contribution in [3.8, 4) is 0 Å². The molecular weight excluding hydrogens is 198 g/mol. The summed E-state index contributed by atoms with van der Waals surface area (Å²) in [6.07, 6.45) is 0. The zero-order chi connectivity index (χ0) is 11.4. The molecule has 1 aromatic rings. The minimum Gasteiger partial charge on any atom is -0.366 e. The number of carbonyl (C=O) groups excluding carboxylic acids is 2. The van der Waals surface area contributed by atoms with Crippen molar-refractivity contribution in [1.82, 2.24) is 5.01 Å². The zero-order valence-corrected chi connectivity index (χ0v) is 8.01. The molecule has 0 saturated heterocycles. The number of carbonyl (C=O) groups is 2. The van der Waals surface area contributed by atoms with Gasteiger partial charge < -0.3 is 5.73 Å². The number of benzene rings is 1. The van der Waals surface area contributed by atoms with Crippen molar-refractivity contribution < 1.29 is 9.59 Å². The summed E-state index contributed by atoms with van der Waals surface area (Å²) < 4.78 is 0. The van der Waals surface area contributed by atoms with Gasteiger partial charge in [-0.25, -0.2) is 0 Å². The number of primary amides is 1. The number of nitrogens with zero attached hydrogens (tertiary/aromatic N) is 2. The fourth-order valence-corrected chi connectivity index (χ4v) is 1.00. The first kappa shape index (κ1) is 10.8.